The van der Waals surface area contributed by atoms with Crippen LogP contribution >= 0.6 is 23.8 Å². The minimum Gasteiger partial charge on any atom is -0.361 e. The van der Waals surface area contributed by atoms with E-state index in [1.165, 1.54) is 24.5 Å². The molecule has 0 amide bonds. The van der Waals surface area contributed by atoms with Crippen molar-refractivity contribution < 1.29 is 8.42 Å². The van der Waals surface area contributed by atoms with Crippen LogP contribution in [0.1, 0.15) is 0 Å². The van der Waals surface area contributed by atoms with E-state index in [9.17, 15) is 8.42 Å². The number of nitrogens with zero attached hydrogens (tertiary/aromatic N) is 4. The van der Waals surface area contributed by atoms with E-state index in [0.29, 0.717) is 28.9 Å². The van der Waals surface area contributed by atoms with Gasteiger partial charge >= 0.3 is 0 Å². The van der Waals surface area contributed by atoms with E-state index >= 15 is 0 Å². The molecule has 0 aliphatic heterocycles. The normalized spacial score (nSPS) is 11.0. The largest absolute Gasteiger partial charge is 0.361 e. The Morgan fingerprint density at radius 1 is 1.18 bits per heavy atom. The van der Waals surface area contributed by atoms with Crippen LogP contribution in [0.5, 0.6) is 0 Å². The zero-order valence-corrected chi connectivity index (χ0v) is 16.8. The topological polar surface area (TPSA) is 114 Å². The third kappa shape index (κ3) is 5.62. The van der Waals surface area contributed by atoms with Crippen LogP contribution < -0.4 is 15.4 Å². The van der Waals surface area contributed by atoms with E-state index in [2.05, 4.69) is 30.4 Å². The van der Waals surface area contributed by atoms with Gasteiger partial charge in [0.05, 0.1) is 22.7 Å². The van der Waals surface area contributed by atoms with Crippen LogP contribution in [-0.4, -0.2) is 39.8 Å². The Bertz CT molecular complexity index is 1040. The number of benzene rings is 1. The molecule has 0 fully saturated rings. The predicted molar refractivity (Wildman–Crippen MR) is 111 cm³/mol. The van der Waals surface area contributed by atoms with Crippen LogP contribution in [0.2, 0.25) is 5.02 Å². The average molecular weight is 438 g/mol. The lowest BCUT2D eigenvalue weighted by Crippen LogP contribution is -2.31. The fourth-order valence-corrected chi connectivity index (χ4v) is 3.50. The Labute approximate surface area is 172 Å². The highest BCUT2D eigenvalue weighted by Gasteiger charge is 2.15. The second kappa shape index (κ2) is 8.95. The van der Waals surface area contributed by atoms with Gasteiger partial charge in [-0.05, 0) is 42.5 Å². The molecule has 0 atom stereocenters. The van der Waals surface area contributed by atoms with E-state index < -0.39 is 10.0 Å². The molecule has 0 saturated carbocycles. The maximum absolute atomic E-state index is 12.3. The number of nitrogens with one attached hydrogen (secondary N) is 3. The van der Waals surface area contributed by atoms with Crippen LogP contribution in [-0.2, 0) is 16.6 Å². The number of rotatable bonds is 7. The van der Waals surface area contributed by atoms with Gasteiger partial charge in [0.1, 0.15) is 0 Å². The highest BCUT2D eigenvalue weighted by Crippen LogP contribution is 2.16. The van der Waals surface area contributed by atoms with Gasteiger partial charge in [0, 0.05) is 30.8 Å². The number of halogens is 1. The first-order valence-corrected chi connectivity index (χ1v) is 10.3. The standard InChI is InChI=1S/C16H16ClN7O2S2/c17-12-10-21-24(11-12)9-8-20-16(27)22-13-2-4-14(5-3-13)28(25,26)23-15-18-6-1-7-19-15/h1-7,10-11H,8-9H2,(H,18,19,23)(H2,20,22,27). The summed E-state index contributed by atoms with van der Waals surface area (Å²) in [5, 5.41) is 11.1. The number of thiocarbonyl (C=S) groups is 1. The molecule has 0 bridgehead atoms. The molecule has 0 saturated heterocycles. The summed E-state index contributed by atoms with van der Waals surface area (Å²) in [6, 6.07) is 7.74. The Hall–Kier alpha value is -2.76. The first-order chi connectivity index (χ1) is 13.4. The molecule has 12 heteroatoms. The van der Waals surface area contributed by atoms with Crippen LogP contribution in [0.4, 0.5) is 11.6 Å². The van der Waals surface area contributed by atoms with Gasteiger partial charge in [-0.15, -0.1) is 0 Å². The number of sulfonamides is 1. The summed E-state index contributed by atoms with van der Waals surface area (Å²) < 4.78 is 28.7. The third-order valence-electron chi connectivity index (χ3n) is 3.44. The fourth-order valence-electron chi connectivity index (χ4n) is 2.17. The van der Waals surface area contributed by atoms with Gasteiger partial charge in [-0.25, -0.2) is 23.1 Å². The van der Waals surface area contributed by atoms with Crippen LogP contribution in [0.3, 0.4) is 0 Å². The van der Waals surface area contributed by atoms with Crippen molar-refractivity contribution in [2.24, 2.45) is 0 Å². The molecular weight excluding hydrogens is 422 g/mol. The quantitative estimate of drug-likeness (QED) is 0.481. The summed E-state index contributed by atoms with van der Waals surface area (Å²) in [6.45, 7) is 1.15. The van der Waals surface area contributed by atoms with Crippen LogP contribution in [0.15, 0.2) is 60.0 Å². The van der Waals surface area contributed by atoms with Crippen molar-refractivity contribution in [3.8, 4) is 0 Å². The van der Waals surface area contributed by atoms with E-state index in [1.807, 2.05) is 0 Å². The van der Waals surface area contributed by atoms with Gasteiger partial charge in [-0.2, -0.15) is 5.10 Å². The van der Waals surface area contributed by atoms with E-state index in [-0.39, 0.29) is 10.8 Å². The smallest absolute Gasteiger partial charge is 0.264 e. The first kappa shape index (κ1) is 20.0. The summed E-state index contributed by atoms with van der Waals surface area (Å²) in [6.07, 6.45) is 6.18. The van der Waals surface area contributed by atoms with E-state index in [4.69, 9.17) is 23.8 Å². The van der Waals surface area contributed by atoms with Crippen molar-refractivity contribution >= 4 is 50.6 Å². The molecule has 3 N–H and O–H groups in total. The summed E-state index contributed by atoms with van der Waals surface area (Å²) in [4.78, 5) is 7.77. The third-order valence-corrected chi connectivity index (χ3v) is 5.23. The zero-order valence-electron chi connectivity index (χ0n) is 14.4. The van der Waals surface area contributed by atoms with Crippen molar-refractivity contribution in [3.63, 3.8) is 0 Å². The number of hydrogen-bond acceptors (Lipinski definition) is 6. The van der Waals surface area contributed by atoms with Gasteiger partial charge in [0.25, 0.3) is 10.0 Å². The Balaban J connectivity index is 1.52. The molecule has 3 aromatic rings. The molecule has 0 spiro atoms. The molecule has 3 rings (SSSR count). The molecule has 28 heavy (non-hydrogen) atoms. The lowest BCUT2D eigenvalue weighted by atomic mass is 10.3. The van der Waals surface area contributed by atoms with Crippen molar-refractivity contribution in [1.82, 2.24) is 25.1 Å². The number of anilines is 2. The van der Waals surface area contributed by atoms with Gasteiger partial charge in [0.2, 0.25) is 5.95 Å². The fraction of sp³-hybridized carbons (Fsp3) is 0.125. The highest BCUT2D eigenvalue weighted by atomic mass is 35.5. The zero-order chi connectivity index (χ0) is 20.0. The summed E-state index contributed by atoms with van der Waals surface area (Å²) >= 11 is 11.0. The molecular formula is C16H16ClN7O2S2. The lowest BCUT2D eigenvalue weighted by molar-refractivity contribution is 0.601. The van der Waals surface area contributed by atoms with Crippen molar-refractivity contribution in [2.75, 3.05) is 16.6 Å². The second-order valence-corrected chi connectivity index (χ2v) is 8.03. The summed E-state index contributed by atoms with van der Waals surface area (Å²) in [7, 11) is -3.77. The van der Waals surface area contributed by atoms with Crippen molar-refractivity contribution in [1.29, 1.82) is 0 Å². The second-order valence-electron chi connectivity index (χ2n) is 5.50. The van der Waals surface area contributed by atoms with Gasteiger partial charge in [-0.3, -0.25) is 4.68 Å². The molecule has 0 aliphatic carbocycles. The maximum atomic E-state index is 12.3. The molecule has 0 unspecified atom stereocenters. The van der Waals surface area contributed by atoms with Gasteiger partial charge < -0.3 is 10.6 Å². The predicted octanol–water partition coefficient (Wildman–Crippen LogP) is 2.11. The molecule has 146 valence electrons. The molecule has 2 aromatic heterocycles. The Morgan fingerprint density at radius 3 is 2.54 bits per heavy atom. The minimum absolute atomic E-state index is 0.00792. The molecule has 9 nitrogen and oxygen atoms in total. The SMILES string of the molecule is O=S(=O)(Nc1ncccn1)c1ccc(NC(=S)NCCn2cc(Cl)cn2)cc1. The highest BCUT2D eigenvalue weighted by molar-refractivity contribution is 7.92. The van der Waals surface area contributed by atoms with Gasteiger partial charge in [0.15, 0.2) is 5.11 Å². The number of hydrogen-bond donors (Lipinski definition) is 3. The molecule has 1 aromatic carbocycles. The van der Waals surface area contributed by atoms with Crippen molar-refractivity contribution in [3.05, 3.63) is 60.1 Å². The van der Waals surface area contributed by atoms with Crippen LogP contribution in [0.25, 0.3) is 0 Å². The molecule has 2 heterocycles. The Morgan fingerprint density at radius 2 is 1.89 bits per heavy atom. The summed E-state index contributed by atoms with van der Waals surface area (Å²) in [5.41, 5.74) is 0.648. The van der Waals surface area contributed by atoms with Crippen molar-refractivity contribution in [2.45, 2.75) is 11.4 Å². The van der Waals surface area contributed by atoms with Crippen LogP contribution in [0, 0.1) is 0 Å². The molecule has 0 radical (unpaired) electrons. The maximum Gasteiger partial charge on any atom is 0.264 e. The molecule has 0 aliphatic rings. The van der Waals surface area contributed by atoms with E-state index in [0.717, 1.165) is 0 Å². The number of aromatic nitrogens is 4. The average Bonchev–Trinajstić information content (AvgIpc) is 3.08. The summed E-state index contributed by atoms with van der Waals surface area (Å²) in [5.74, 6) is 0.00792. The minimum atomic E-state index is -3.77. The monoisotopic (exact) mass is 437 g/mol. The van der Waals surface area contributed by atoms with E-state index in [1.54, 1.807) is 35.3 Å². The lowest BCUT2D eigenvalue weighted by Gasteiger charge is -2.11. The first-order valence-electron chi connectivity index (χ1n) is 8.05. The van der Waals surface area contributed by atoms with Gasteiger partial charge in [-0.1, -0.05) is 11.6 Å². The Kier molecular flexibility index (Phi) is 6.39.